The summed E-state index contributed by atoms with van der Waals surface area (Å²) in [7, 11) is 5.40. The van der Waals surface area contributed by atoms with Crippen LogP contribution in [0.15, 0.2) is 40.5 Å². The van der Waals surface area contributed by atoms with Crippen LogP contribution in [0.3, 0.4) is 0 Å². The third-order valence-corrected chi connectivity index (χ3v) is 7.06. The van der Waals surface area contributed by atoms with Gasteiger partial charge in [0.2, 0.25) is 0 Å². The second-order valence-electron chi connectivity index (χ2n) is 8.22. The number of halogens is 1. The van der Waals surface area contributed by atoms with Gasteiger partial charge in [-0.15, -0.1) is 0 Å². The van der Waals surface area contributed by atoms with Gasteiger partial charge in [0.1, 0.15) is 11.9 Å². The molecule has 1 spiro atoms. The van der Waals surface area contributed by atoms with Crippen LogP contribution in [0.2, 0.25) is 0 Å². The molecule has 3 aliphatic heterocycles. The number of aliphatic imine (C=N–C) groups is 1. The fourth-order valence-electron chi connectivity index (χ4n) is 5.35. The zero-order chi connectivity index (χ0) is 25.5. The summed E-state index contributed by atoms with van der Waals surface area (Å²) in [4.78, 5) is 59.8. The van der Waals surface area contributed by atoms with Crippen LogP contribution in [0, 0.1) is 0 Å². The third-order valence-electron chi connectivity index (χ3n) is 6.67. The van der Waals surface area contributed by atoms with Gasteiger partial charge in [-0.2, -0.15) is 0 Å². The van der Waals surface area contributed by atoms with Crippen LogP contribution in [0.1, 0.15) is 12.0 Å². The Morgan fingerprint density at radius 2 is 1.80 bits per heavy atom. The average molecular weight is 549 g/mol. The van der Waals surface area contributed by atoms with E-state index >= 15 is 0 Å². The second kappa shape index (κ2) is 9.33. The number of ether oxygens (including phenoxy) is 3. The molecule has 1 saturated heterocycles. The smallest absolute Gasteiger partial charge is 0.357 e. The molecule has 0 bridgehead atoms. The highest BCUT2D eigenvalue weighted by atomic mass is 79.9. The Kier molecular flexibility index (Phi) is 6.58. The van der Waals surface area contributed by atoms with Crippen molar-refractivity contribution in [1.82, 2.24) is 10.2 Å². The maximum absolute atomic E-state index is 13.4. The van der Waals surface area contributed by atoms with Crippen molar-refractivity contribution in [2.75, 3.05) is 45.2 Å². The lowest BCUT2D eigenvalue weighted by molar-refractivity contribution is -0.144. The summed E-state index contributed by atoms with van der Waals surface area (Å²) >= 11 is 3.27. The minimum atomic E-state index is -1.11. The van der Waals surface area contributed by atoms with Crippen LogP contribution in [0.25, 0.3) is 0 Å². The number of fused-ring (bicyclic) bond motifs is 1. The van der Waals surface area contributed by atoms with Crippen LogP contribution in [0.4, 0.5) is 10.5 Å². The topological polar surface area (TPSA) is 127 Å². The number of benzene rings is 1. The van der Waals surface area contributed by atoms with E-state index in [0.29, 0.717) is 5.33 Å². The fourth-order valence-corrected chi connectivity index (χ4v) is 5.55. The number of rotatable bonds is 5. The van der Waals surface area contributed by atoms with Crippen molar-refractivity contribution in [1.29, 1.82) is 0 Å². The van der Waals surface area contributed by atoms with E-state index in [1.54, 1.807) is 7.05 Å². The van der Waals surface area contributed by atoms with Crippen molar-refractivity contribution < 1.29 is 33.4 Å². The zero-order valence-corrected chi connectivity index (χ0v) is 21.2. The molecule has 35 heavy (non-hydrogen) atoms. The Morgan fingerprint density at radius 3 is 2.43 bits per heavy atom. The Bertz CT molecular complexity index is 1170. The number of urea groups is 1. The first-order valence-electron chi connectivity index (χ1n) is 10.8. The zero-order valence-electron chi connectivity index (χ0n) is 19.7. The van der Waals surface area contributed by atoms with Gasteiger partial charge in [0.25, 0.3) is 0 Å². The molecule has 186 valence electrons. The lowest BCUT2D eigenvalue weighted by Gasteiger charge is -2.39. The number of hydrogen-bond acceptors (Lipinski definition) is 9. The molecule has 0 radical (unpaired) electrons. The summed E-state index contributed by atoms with van der Waals surface area (Å²) < 4.78 is 15.0. The van der Waals surface area contributed by atoms with Crippen LogP contribution in [-0.2, 0) is 34.0 Å². The molecular formula is C23H25BrN4O7. The van der Waals surface area contributed by atoms with E-state index in [2.05, 4.69) is 26.2 Å². The summed E-state index contributed by atoms with van der Waals surface area (Å²) in [5, 5.41) is 3.23. The number of amides is 2. The first-order chi connectivity index (χ1) is 16.8. The highest BCUT2D eigenvalue weighted by Crippen LogP contribution is 2.57. The maximum Gasteiger partial charge on any atom is 0.357 e. The molecule has 3 aliphatic rings. The van der Waals surface area contributed by atoms with Crippen LogP contribution < -0.4 is 10.2 Å². The van der Waals surface area contributed by atoms with Crippen molar-refractivity contribution in [3.63, 3.8) is 0 Å². The van der Waals surface area contributed by atoms with Gasteiger partial charge in [0, 0.05) is 24.6 Å². The quantitative estimate of drug-likeness (QED) is 0.329. The van der Waals surface area contributed by atoms with Gasteiger partial charge in [-0.05, 0) is 18.1 Å². The summed E-state index contributed by atoms with van der Waals surface area (Å²) in [6.07, 6.45) is 0.0845. The summed E-state index contributed by atoms with van der Waals surface area (Å²) in [5.41, 5.74) is 0.133. The number of nitrogens with zero attached hydrogens (tertiary/aromatic N) is 3. The Balaban J connectivity index is 2.05. The van der Waals surface area contributed by atoms with Crippen molar-refractivity contribution in [3.8, 4) is 0 Å². The van der Waals surface area contributed by atoms with E-state index in [9.17, 15) is 19.2 Å². The number of likely N-dealkylation sites (tertiary alicyclic amines) is 1. The highest BCUT2D eigenvalue weighted by molar-refractivity contribution is 9.09. The van der Waals surface area contributed by atoms with Crippen molar-refractivity contribution in [2.45, 2.75) is 23.9 Å². The van der Waals surface area contributed by atoms with Gasteiger partial charge in [0.15, 0.2) is 5.70 Å². The van der Waals surface area contributed by atoms with Crippen molar-refractivity contribution >= 4 is 51.4 Å². The number of alkyl halides is 1. The minimum absolute atomic E-state index is 0.00636. The lowest BCUT2D eigenvalue weighted by Crippen LogP contribution is -2.56. The second-order valence-corrected chi connectivity index (χ2v) is 9.01. The predicted octanol–water partition coefficient (Wildman–Crippen LogP) is 1.11. The Labute approximate surface area is 210 Å². The first-order valence-corrected chi connectivity index (χ1v) is 11.9. The molecule has 3 unspecified atom stereocenters. The minimum Gasteiger partial charge on any atom is -0.467 e. The molecular weight excluding hydrogens is 524 g/mol. The van der Waals surface area contributed by atoms with Gasteiger partial charge in [0.05, 0.1) is 38.4 Å². The molecule has 0 aromatic heterocycles. The van der Waals surface area contributed by atoms with Crippen molar-refractivity contribution in [3.05, 3.63) is 41.1 Å². The van der Waals surface area contributed by atoms with Crippen LogP contribution >= 0.6 is 15.9 Å². The normalized spacial score (nSPS) is 24.2. The number of amidine groups is 1. The highest BCUT2D eigenvalue weighted by Gasteiger charge is 2.67. The standard InChI is InChI=1S/C23H25BrN4O7/c1-27-13-8-6-5-7-12(13)23-11-14(18(29)33-2)28(22(32)25-10-9-24)21(23)26-16(20(31)35-4)15(17(23)27)19(30)34-3/h5-8,14,17H,9-11H2,1-4H3,(H,25,32). The number of carbonyl (C=O) groups excluding carboxylic acids is 4. The van der Waals surface area contributed by atoms with E-state index in [0.717, 1.165) is 11.3 Å². The molecule has 0 saturated carbocycles. The molecule has 1 N–H and O–H groups in total. The number of carbonyl (C=O) groups is 4. The van der Waals surface area contributed by atoms with Gasteiger partial charge >= 0.3 is 23.9 Å². The molecule has 3 atom stereocenters. The summed E-state index contributed by atoms with van der Waals surface area (Å²) in [6, 6.07) is 4.99. The van der Waals surface area contributed by atoms with Gasteiger partial charge in [-0.3, -0.25) is 4.90 Å². The number of esters is 3. The molecule has 11 nitrogen and oxygen atoms in total. The molecule has 3 heterocycles. The van der Waals surface area contributed by atoms with Gasteiger partial charge in [-0.1, -0.05) is 34.1 Å². The van der Waals surface area contributed by atoms with E-state index in [1.165, 1.54) is 26.2 Å². The number of hydrogen-bond donors (Lipinski definition) is 1. The summed E-state index contributed by atoms with van der Waals surface area (Å²) in [5.74, 6) is -2.10. The fraction of sp³-hybridized carbons (Fsp3) is 0.435. The number of nitrogens with one attached hydrogen (secondary N) is 1. The van der Waals surface area contributed by atoms with E-state index in [1.807, 2.05) is 29.2 Å². The Hall–Kier alpha value is -3.41. The molecule has 2 amide bonds. The molecule has 1 aromatic rings. The average Bonchev–Trinajstić information content (AvgIpc) is 3.36. The molecule has 4 rings (SSSR count). The molecule has 0 aliphatic carbocycles. The monoisotopic (exact) mass is 548 g/mol. The molecule has 1 aromatic carbocycles. The number of para-hydroxylation sites is 1. The number of anilines is 1. The van der Waals surface area contributed by atoms with E-state index in [4.69, 9.17) is 14.2 Å². The van der Waals surface area contributed by atoms with Crippen LogP contribution in [0.5, 0.6) is 0 Å². The SMILES string of the molecule is COC(=O)C1=C(C(=O)OC)C2N(C)c3ccccc3C23CC(C(=O)OC)N(C(=O)NCCBr)C3=N1. The van der Waals surface area contributed by atoms with Crippen molar-refractivity contribution in [2.24, 2.45) is 4.99 Å². The predicted molar refractivity (Wildman–Crippen MR) is 128 cm³/mol. The lowest BCUT2D eigenvalue weighted by atomic mass is 9.69. The van der Waals surface area contributed by atoms with Crippen LogP contribution in [-0.4, -0.2) is 87.0 Å². The third kappa shape index (κ3) is 3.49. The number of likely N-dealkylation sites (N-methyl/N-ethyl adjacent to an activating group) is 1. The Morgan fingerprint density at radius 1 is 1.11 bits per heavy atom. The van der Waals surface area contributed by atoms with E-state index in [-0.39, 0.29) is 30.1 Å². The first kappa shape index (κ1) is 24.7. The van der Waals surface area contributed by atoms with Gasteiger partial charge in [-0.25, -0.2) is 24.2 Å². The van der Waals surface area contributed by atoms with Gasteiger partial charge < -0.3 is 24.4 Å². The number of methoxy groups -OCH3 is 3. The summed E-state index contributed by atoms with van der Waals surface area (Å²) in [6.45, 7) is 0.288. The molecule has 1 fully saturated rings. The molecule has 12 heteroatoms. The maximum atomic E-state index is 13.4. The largest absolute Gasteiger partial charge is 0.467 e. The van der Waals surface area contributed by atoms with E-state index < -0.39 is 41.4 Å².